The number of aliphatic hydroxyl groups is 2. The van der Waals surface area contributed by atoms with Gasteiger partial charge in [0, 0.05) is 48.8 Å². The second-order valence-corrected chi connectivity index (χ2v) is 16.9. The summed E-state index contributed by atoms with van der Waals surface area (Å²) in [5.41, 5.74) is 0.247. The Morgan fingerprint density at radius 2 is 1.85 bits per heavy atom. The van der Waals surface area contributed by atoms with Crippen molar-refractivity contribution in [2.75, 3.05) is 37.0 Å². The summed E-state index contributed by atoms with van der Waals surface area (Å²) in [5.74, 6) is -2.12. The number of anilines is 2. The minimum absolute atomic E-state index is 0.110. The molecule has 5 atom stereocenters. The molecule has 1 fully saturated rings. The van der Waals surface area contributed by atoms with Gasteiger partial charge in [-0.25, -0.2) is 0 Å². The lowest BCUT2D eigenvalue weighted by Gasteiger charge is -2.32. The van der Waals surface area contributed by atoms with Gasteiger partial charge in [0.25, 0.3) is 11.8 Å². The maximum absolute atomic E-state index is 14.6. The molecule has 4 rings (SSSR count). The van der Waals surface area contributed by atoms with Gasteiger partial charge in [-0.1, -0.05) is 37.3 Å². The minimum Gasteiger partial charge on any atom is -0.469 e. The van der Waals surface area contributed by atoms with Crippen LogP contribution in [0.25, 0.3) is 0 Å². The van der Waals surface area contributed by atoms with E-state index in [4.69, 9.17) is 9.47 Å². The molecule has 2 heterocycles. The molecule has 4 N–H and O–H groups in total. The van der Waals surface area contributed by atoms with Crippen molar-refractivity contribution < 1.29 is 43.7 Å². The van der Waals surface area contributed by atoms with E-state index in [1.165, 1.54) is 14.0 Å². The lowest BCUT2D eigenvalue weighted by molar-refractivity contribution is -0.149. The standard InChI is InChI=1S/C34H47N3O9Si/c1-22-31(47(4,5)44)28(20-29(40)36(17-18-38)21-24-11-7-6-8-12-24)46-34(22)26-19-25(35-32(42)23(2)39)14-15-27(26)37(33(34)43)16-10-9-13-30(41)45-3/h6-8,11-12,14-15,19,22-23,28,31,38-39,44H,9-10,13,16-18,20-21H2,1-5H3,(H,35,42)/t22-,23-,28+,31-,34+/m0/s1. The molecule has 256 valence electrons. The van der Waals surface area contributed by atoms with Gasteiger partial charge in [0.05, 0.1) is 31.9 Å². The van der Waals surface area contributed by atoms with Gasteiger partial charge in [-0.05, 0) is 56.6 Å². The number of ether oxygens (including phenoxy) is 2. The van der Waals surface area contributed by atoms with E-state index in [1.807, 2.05) is 37.3 Å². The van der Waals surface area contributed by atoms with E-state index in [-0.39, 0.29) is 56.9 Å². The second-order valence-electron chi connectivity index (χ2n) is 13.0. The predicted molar refractivity (Wildman–Crippen MR) is 178 cm³/mol. The minimum atomic E-state index is -3.08. The SMILES string of the molecule is COC(=O)CCCCN1C(=O)[C@]2(O[C@H](CC(=O)N(CCO)Cc3ccccc3)[C@@H]([Si](C)(C)O)[C@@H]2C)c2cc(NC(=O)[C@H](C)O)ccc21. The summed E-state index contributed by atoms with van der Waals surface area (Å²) in [4.78, 5) is 67.3. The van der Waals surface area contributed by atoms with Crippen molar-refractivity contribution >= 4 is 43.4 Å². The van der Waals surface area contributed by atoms with Crippen molar-refractivity contribution in [1.29, 1.82) is 0 Å². The summed E-state index contributed by atoms with van der Waals surface area (Å²) in [7, 11) is -1.76. The monoisotopic (exact) mass is 669 g/mol. The summed E-state index contributed by atoms with van der Waals surface area (Å²) in [6.45, 7) is 7.21. The van der Waals surface area contributed by atoms with E-state index in [0.29, 0.717) is 29.8 Å². The predicted octanol–water partition coefficient (Wildman–Crippen LogP) is 2.90. The van der Waals surface area contributed by atoms with E-state index in [0.717, 1.165) is 5.56 Å². The summed E-state index contributed by atoms with van der Waals surface area (Å²) in [6, 6.07) is 14.5. The highest BCUT2D eigenvalue weighted by Gasteiger charge is 2.66. The number of rotatable bonds is 14. The zero-order valence-electron chi connectivity index (χ0n) is 27.8. The molecule has 2 aromatic rings. The van der Waals surface area contributed by atoms with Crippen molar-refractivity contribution in [2.24, 2.45) is 5.92 Å². The first kappa shape index (κ1) is 36.2. The van der Waals surface area contributed by atoms with Crippen molar-refractivity contribution in [2.45, 2.75) is 82.5 Å². The number of carbonyl (C=O) groups is 4. The van der Waals surface area contributed by atoms with Crippen molar-refractivity contribution in [1.82, 2.24) is 4.90 Å². The molecular weight excluding hydrogens is 622 g/mol. The summed E-state index contributed by atoms with van der Waals surface area (Å²) >= 11 is 0. The molecule has 0 bridgehead atoms. The average Bonchev–Trinajstić information content (AvgIpc) is 3.45. The van der Waals surface area contributed by atoms with Crippen LogP contribution in [0, 0.1) is 5.92 Å². The Morgan fingerprint density at radius 3 is 2.47 bits per heavy atom. The van der Waals surface area contributed by atoms with E-state index in [1.54, 1.807) is 41.1 Å². The molecular formula is C34H47N3O9Si. The third kappa shape index (κ3) is 7.76. The molecule has 2 aliphatic heterocycles. The molecule has 0 saturated carbocycles. The van der Waals surface area contributed by atoms with E-state index >= 15 is 0 Å². The first-order valence-electron chi connectivity index (χ1n) is 16.1. The van der Waals surface area contributed by atoms with Crippen LogP contribution in [0.3, 0.4) is 0 Å². The lowest BCUT2D eigenvalue weighted by Crippen LogP contribution is -2.46. The average molecular weight is 670 g/mol. The van der Waals surface area contributed by atoms with Crippen molar-refractivity contribution in [3.8, 4) is 0 Å². The number of amides is 3. The van der Waals surface area contributed by atoms with Gasteiger partial charge in [0.2, 0.25) is 5.91 Å². The van der Waals surface area contributed by atoms with Crippen LogP contribution in [0.1, 0.15) is 50.7 Å². The molecule has 0 aliphatic carbocycles. The highest BCUT2D eigenvalue weighted by Crippen LogP contribution is 2.60. The maximum atomic E-state index is 14.6. The first-order valence-corrected chi connectivity index (χ1v) is 19.1. The van der Waals surface area contributed by atoms with Gasteiger partial charge in [-0.15, -0.1) is 0 Å². The molecule has 47 heavy (non-hydrogen) atoms. The Bertz CT molecular complexity index is 1450. The number of hydrogen-bond acceptors (Lipinski definition) is 9. The number of fused-ring (bicyclic) bond motifs is 2. The fourth-order valence-electron chi connectivity index (χ4n) is 6.98. The zero-order chi connectivity index (χ0) is 34.5. The largest absolute Gasteiger partial charge is 0.469 e. The van der Waals surface area contributed by atoms with Crippen LogP contribution >= 0.6 is 0 Å². The summed E-state index contributed by atoms with van der Waals surface area (Å²) in [5, 5.41) is 22.2. The maximum Gasteiger partial charge on any atom is 0.305 e. The van der Waals surface area contributed by atoms with Gasteiger partial charge < -0.3 is 39.6 Å². The normalized spacial score (nSPS) is 22.7. The first-order chi connectivity index (χ1) is 22.2. The van der Waals surface area contributed by atoms with Gasteiger partial charge in [-0.3, -0.25) is 19.2 Å². The van der Waals surface area contributed by atoms with E-state index in [2.05, 4.69) is 5.32 Å². The molecule has 1 spiro atoms. The number of hydrogen-bond donors (Lipinski definition) is 4. The Labute approximate surface area is 276 Å². The molecule has 0 radical (unpaired) electrons. The molecule has 0 aromatic heterocycles. The van der Waals surface area contributed by atoms with Gasteiger partial charge in [0.15, 0.2) is 13.9 Å². The number of unbranched alkanes of at least 4 members (excludes halogenated alkanes) is 1. The fraction of sp³-hybridized carbons (Fsp3) is 0.529. The van der Waals surface area contributed by atoms with E-state index < -0.39 is 43.5 Å². The number of esters is 1. The third-order valence-corrected chi connectivity index (χ3v) is 11.7. The Hall–Kier alpha value is -3.62. The quantitative estimate of drug-likeness (QED) is 0.134. The fourth-order valence-corrected chi connectivity index (χ4v) is 9.54. The highest BCUT2D eigenvalue weighted by atomic mass is 28.4. The number of aliphatic hydroxyl groups excluding tert-OH is 2. The topological polar surface area (TPSA) is 166 Å². The number of carbonyl (C=O) groups excluding carboxylic acids is 4. The number of methoxy groups -OCH3 is 1. The molecule has 3 amide bonds. The van der Waals surface area contributed by atoms with Crippen LogP contribution in [0.4, 0.5) is 11.4 Å². The van der Waals surface area contributed by atoms with E-state index in [9.17, 15) is 34.2 Å². The molecule has 1 saturated heterocycles. The van der Waals surface area contributed by atoms with Crippen LogP contribution in [0.5, 0.6) is 0 Å². The van der Waals surface area contributed by atoms with Gasteiger partial charge in [0.1, 0.15) is 6.10 Å². The Kier molecular flexibility index (Phi) is 11.6. The molecule has 13 heteroatoms. The van der Waals surface area contributed by atoms with Crippen LogP contribution in [0.15, 0.2) is 48.5 Å². The van der Waals surface area contributed by atoms with Crippen molar-refractivity contribution in [3.63, 3.8) is 0 Å². The summed E-state index contributed by atoms with van der Waals surface area (Å²) < 4.78 is 11.5. The smallest absolute Gasteiger partial charge is 0.305 e. The van der Waals surface area contributed by atoms with Crippen molar-refractivity contribution in [3.05, 3.63) is 59.7 Å². The zero-order valence-corrected chi connectivity index (χ0v) is 28.8. The third-order valence-electron chi connectivity index (χ3n) is 9.19. The molecule has 2 aromatic carbocycles. The van der Waals surface area contributed by atoms with Gasteiger partial charge in [-0.2, -0.15) is 0 Å². The van der Waals surface area contributed by atoms with Crippen LogP contribution in [0.2, 0.25) is 18.6 Å². The second kappa shape index (κ2) is 15.1. The van der Waals surface area contributed by atoms with Gasteiger partial charge >= 0.3 is 5.97 Å². The molecule has 2 aliphatic rings. The lowest BCUT2D eigenvalue weighted by atomic mass is 9.82. The van der Waals surface area contributed by atoms with Crippen LogP contribution < -0.4 is 10.2 Å². The number of nitrogens with one attached hydrogen (secondary N) is 1. The number of nitrogens with zero attached hydrogens (tertiary/aromatic N) is 2. The van der Waals surface area contributed by atoms with Crippen LogP contribution in [-0.4, -0.2) is 90.9 Å². The van der Waals surface area contributed by atoms with Crippen LogP contribution in [-0.2, 0) is 40.8 Å². The molecule has 0 unspecified atom stereocenters. The Balaban J connectivity index is 1.71. The highest BCUT2D eigenvalue weighted by molar-refractivity contribution is 6.71. The number of benzene rings is 2. The summed E-state index contributed by atoms with van der Waals surface area (Å²) in [6.07, 6.45) is -0.973. The molecule has 12 nitrogen and oxygen atoms in total. The Morgan fingerprint density at radius 1 is 1.15 bits per heavy atom.